The number of H-pyrrole nitrogens is 1. The summed E-state index contributed by atoms with van der Waals surface area (Å²) >= 11 is 0. The SMILES string of the molecule is O=C(O)c1c[nH]c2ccc(S(=O)(=O)C3CCCC3)cc2c1=O. The quantitative estimate of drug-likeness (QED) is 0.899. The van der Waals surface area contributed by atoms with E-state index in [4.69, 9.17) is 5.11 Å². The normalized spacial score (nSPS) is 16.2. The third-order valence-electron chi connectivity index (χ3n) is 4.15. The van der Waals surface area contributed by atoms with Gasteiger partial charge in [0.25, 0.3) is 0 Å². The highest BCUT2D eigenvalue weighted by atomic mass is 32.2. The highest BCUT2D eigenvalue weighted by Gasteiger charge is 2.30. The van der Waals surface area contributed by atoms with Gasteiger partial charge in [-0.25, -0.2) is 13.2 Å². The number of nitrogens with one attached hydrogen (secondary N) is 1. The number of sulfone groups is 1. The Hall–Kier alpha value is -2.15. The molecule has 3 rings (SSSR count). The minimum absolute atomic E-state index is 0.0824. The Morgan fingerprint density at radius 2 is 1.91 bits per heavy atom. The number of aromatic carboxylic acids is 1. The average Bonchev–Trinajstić information content (AvgIpc) is 3.02. The van der Waals surface area contributed by atoms with Crippen molar-refractivity contribution in [3.8, 4) is 0 Å². The molecule has 0 amide bonds. The van der Waals surface area contributed by atoms with E-state index in [1.165, 1.54) is 18.2 Å². The van der Waals surface area contributed by atoms with Gasteiger partial charge in [0.2, 0.25) is 5.43 Å². The van der Waals surface area contributed by atoms with E-state index in [2.05, 4.69) is 4.98 Å². The Kier molecular flexibility index (Phi) is 3.52. The summed E-state index contributed by atoms with van der Waals surface area (Å²) in [5, 5.41) is 8.66. The fraction of sp³-hybridized carbons (Fsp3) is 0.333. The van der Waals surface area contributed by atoms with Crippen LogP contribution in [0.2, 0.25) is 0 Å². The van der Waals surface area contributed by atoms with Gasteiger partial charge in [0.15, 0.2) is 9.84 Å². The van der Waals surface area contributed by atoms with Crippen LogP contribution >= 0.6 is 0 Å². The van der Waals surface area contributed by atoms with Gasteiger partial charge >= 0.3 is 5.97 Å². The largest absolute Gasteiger partial charge is 0.477 e. The predicted octanol–water partition coefficient (Wildman–Crippen LogP) is 1.94. The number of fused-ring (bicyclic) bond motifs is 1. The summed E-state index contributed by atoms with van der Waals surface area (Å²) in [7, 11) is -3.48. The van der Waals surface area contributed by atoms with Crippen molar-refractivity contribution >= 4 is 26.7 Å². The number of aromatic amines is 1. The first kappa shape index (κ1) is 14.8. The monoisotopic (exact) mass is 321 g/mol. The van der Waals surface area contributed by atoms with Crippen LogP contribution in [0, 0.1) is 0 Å². The van der Waals surface area contributed by atoms with Crippen molar-refractivity contribution < 1.29 is 18.3 Å². The van der Waals surface area contributed by atoms with E-state index in [0.29, 0.717) is 18.4 Å². The van der Waals surface area contributed by atoms with Gasteiger partial charge in [-0.1, -0.05) is 12.8 Å². The molecule has 0 spiro atoms. The maximum absolute atomic E-state index is 12.6. The molecule has 0 unspecified atom stereocenters. The zero-order valence-corrected chi connectivity index (χ0v) is 12.5. The number of benzene rings is 1. The predicted molar refractivity (Wildman–Crippen MR) is 81.0 cm³/mol. The van der Waals surface area contributed by atoms with Crippen LogP contribution in [0.15, 0.2) is 34.1 Å². The zero-order chi connectivity index (χ0) is 15.9. The third-order valence-corrected chi connectivity index (χ3v) is 6.41. The number of pyridine rings is 1. The molecule has 1 aromatic carbocycles. The Labute approximate surface area is 126 Å². The van der Waals surface area contributed by atoms with E-state index >= 15 is 0 Å². The molecule has 0 aliphatic heterocycles. The van der Waals surface area contributed by atoms with Gasteiger partial charge in [0.1, 0.15) is 5.56 Å². The third kappa shape index (κ3) is 2.31. The van der Waals surface area contributed by atoms with Crippen LogP contribution in [-0.4, -0.2) is 29.7 Å². The number of carboxylic acid groups (broad SMARTS) is 1. The topological polar surface area (TPSA) is 104 Å². The molecule has 22 heavy (non-hydrogen) atoms. The molecule has 0 atom stereocenters. The molecule has 0 bridgehead atoms. The Balaban J connectivity index is 2.19. The first-order valence-electron chi connectivity index (χ1n) is 7.04. The highest BCUT2D eigenvalue weighted by molar-refractivity contribution is 7.92. The molecule has 0 radical (unpaired) electrons. The molecule has 0 saturated heterocycles. The summed E-state index contributed by atoms with van der Waals surface area (Å²) in [6.45, 7) is 0. The number of aromatic nitrogens is 1. The minimum atomic E-state index is -3.48. The van der Waals surface area contributed by atoms with Gasteiger partial charge in [-0.05, 0) is 31.0 Å². The van der Waals surface area contributed by atoms with Crippen LogP contribution in [0.3, 0.4) is 0 Å². The standard InChI is InChI=1S/C15H15NO5S/c17-14-11-7-10(22(20,21)9-3-1-2-4-9)5-6-13(11)16-8-12(14)15(18)19/h5-9H,1-4H2,(H,16,17)(H,18,19). The van der Waals surface area contributed by atoms with Crippen LogP contribution in [0.4, 0.5) is 0 Å². The Bertz CT molecular complexity index is 907. The lowest BCUT2D eigenvalue weighted by Crippen LogP contribution is -2.19. The highest BCUT2D eigenvalue weighted by Crippen LogP contribution is 2.30. The van der Waals surface area contributed by atoms with Crippen molar-refractivity contribution in [3.05, 3.63) is 40.2 Å². The second-order valence-electron chi connectivity index (χ2n) is 5.50. The molecule has 1 aliphatic carbocycles. The molecule has 1 aromatic heterocycles. The molecular weight excluding hydrogens is 306 g/mol. The molecule has 7 heteroatoms. The number of rotatable bonds is 3. The summed E-state index contributed by atoms with van der Waals surface area (Å²) in [6.07, 6.45) is 4.17. The van der Waals surface area contributed by atoms with Crippen molar-refractivity contribution in [3.63, 3.8) is 0 Å². The molecule has 116 valence electrons. The fourth-order valence-corrected chi connectivity index (χ4v) is 4.80. The van der Waals surface area contributed by atoms with Crippen LogP contribution in [0.5, 0.6) is 0 Å². The lowest BCUT2D eigenvalue weighted by molar-refractivity contribution is 0.0695. The Morgan fingerprint density at radius 1 is 1.23 bits per heavy atom. The number of hydrogen-bond donors (Lipinski definition) is 2. The summed E-state index contributed by atoms with van der Waals surface area (Å²) in [5.41, 5.74) is -0.659. The molecule has 6 nitrogen and oxygen atoms in total. The van der Waals surface area contributed by atoms with Gasteiger partial charge in [-0.15, -0.1) is 0 Å². The second kappa shape index (κ2) is 5.24. The van der Waals surface area contributed by atoms with Gasteiger partial charge in [0.05, 0.1) is 10.1 Å². The maximum Gasteiger partial charge on any atom is 0.341 e. The van der Waals surface area contributed by atoms with Crippen molar-refractivity contribution in [1.82, 2.24) is 4.98 Å². The van der Waals surface area contributed by atoms with Gasteiger partial charge in [-0.2, -0.15) is 0 Å². The van der Waals surface area contributed by atoms with E-state index in [0.717, 1.165) is 19.0 Å². The van der Waals surface area contributed by atoms with Crippen molar-refractivity contribution in [2.75, 3.05) is 0 Å². The van der Waals surface area contributed by atoms with E-state index < -0.39 is 32.0 Å². The summed E-state index contributed by atoms with van der Waals surface area (Å²) in [4.78, 5) is 26.0. The van der Waals surface area contributed by atoms with Crippen LogP contribution < -0.4 is 5.43 Å². The van der Waals surface area contributed by atoms with Crippen molar-refractivity contribution in [2.45, 2.75) is 35.8 Å². The molecule has 1 heterocycles. The van der Waals surface area contributed by atoms with Gasteiger partial charge in [-0.3, -0.25) is 4.79 Å². The summed E-state index contributed by atoms with van der Waals surface area (Å²) in [6, 6.07) is 4.25. The van der Waals surface area contributed by atoms with E-state index in [9.17, 15) is 18.0 Å². The molecule has 2 N–H and O–H groups in total. The lowest BCUT2D eigenvalue weighted by atomic mass is 10.1. The zero-order valence-electron chi connectivity index (χ0n) is 11.7. The number of carboxylic acids is 1. The van der Waals surface area contributed by atoms with Crippen LogP contribution in [-0.2, 0) is 9.84 Å². The summed E-state index contributed by atoms with van der Waals surface area (Å²) in [5.74, 6) is -1.34. The number of hydrogen-bond acceptors (Lipinski definition) is 4. The summed E-state index contributed by atoms with van der Waals surface area (Å²) < 4.78 is 25.2. The molecular formula is C15H15NO5S. The van der Waals surface area contributed by atoms with E-state index in [-0.39, 0.29) is 10.3 Å². The molecule has 1 fully saturated rings. The Morgan fingerprint density at radius 3 is 2.55 bits per heavy atom. The van der Waals surface area contributed by atoms with E-state index in [1.54, 1.807) is 0 Å². The fourth-order valence-electron chi connectivity index (χ4n) is 2.92. The lowest BCUT2D eigenvalue weighted by Gasteiger charge is -2.11. The van der Waals surface area contributed by atoms with Crippen LogP contribution in [0.1, 0.15) is 36.0 Å². The van der Waals surface area contributed by atoms with Gasteiger partial charge in [0, 0.05) is 17.1 Å². The maximum atomic E-state index is 12.6. The van der Waals surface area contributed by atoms with E-state index in [1.807, 2.05) is 0 Å². The molecule has 2 aromatic rings. The smallest absolute Gasteiger partial charge is 0.341 e. The first-order valence-corrected chi connectivity index (χ1v) is 8.58. The van der Waals surface area contributed by atoms with Gasteiger partial charge < -0.3 is 10.1 Å². The van der Waals surface area contributed by atoms with Crippen molar-refractivity contribution in [1.29, 1.82) is 0 Å². The van der Waals surface area contributed by atoms with Crippen molar-refractivity contribution in [2.24, 2.45) is 0 Å². The van der Waals surface area contributed by atoms with Crippen LogP contribution in [0.25, 0.3) is 10.9 Å². The number of carbonyl (C=O) groups is 1. The average molecular weight is 321 g/mol. The first-order chi connectivity index (χ1) is 10.4. The minimum Gasteiger partial charge on any atom is -0.477 e. The second-order valence-corrected chi connectivity index (χ2v) is 7.72. The molecule has 1 aliphatic rings. The molecule has 1 saturated carbocycles.